The average molecular weight is 432 g/mol. The van der Waals surface area contributed by atoms with Crippen LogP contribution in [-0.4, -0.2) is 26.6 Å². The molecule has 1 saturated carbocycles. The number of aromatic amines is 1. The van der Waals surface area contributed by atoms with Crippen molar-refractivity contribution in [3.05, 3.63) is 82.8 Å². The molecule has 5 rings (SSSR count). The normalized spacial score (nSPS) is 14.4. The predicted molar refractivity (Wildman–Crippen MR) is 119 cm³/mol. The van der Waals surface area contributed by atoms with Gasteiger partial charge in [-0.15, -0.1) is 0 Å². The Labute approximate surface area is 182 Å². The lowest BCUT2D eigenvalue weighted by molar-refractivity contribution is -0.118. The zero-order valence-electron chi connectivity index (χ0n) is 16.4. The zero-order chi connectivity index (χ0) is 21.6. The van der Waals surface area contributed by atoms with E-state index in [9.17, 15) is 9.59 Å². The molecule has 2 aromatic heterocycles. The van der Waals surface area contributed by atoms with Gasteiger partial charge in [0.25, 0.3) is 0 Å². The number of H-pyrrole nitrogens is 1. The van der Waals surface area contributed by atoms with E-state index in [1.54, 1.807) is 24.4 Å². The van der Waals surface area contributed by atoms with Crippen LogP contribution in [0.15, 0.2) is 61.1 Å². The molecule has 0 saturated heterocycles. The number of nitrogens with zero attached hydrogens (tertiary/aromatic N) is 2. The highest BCUT2D eigenvalue weighted by Crippen LogP contribution is 2.49. The van der Waals surface area contributed by atoms with Gasteiger partial charge in [0.15, 0.2) is 5.78 Å². The van der Waals surface area contributed by atoms with Crippen LogP contribution in [0.1, 0.15) is 34.3 Å². The molecule has 1 aliphatic rings. The van der Waals surface area contributed by atoms with Gasteiger partial charge >= 0.3 is 0 Å². The summed E-state index contributed by atoms with van der Waals surface area (Å²) in [6, 6.07) is 14.6. The zero-order valence-corrected chi connectivity index (χ0v) is 17.1. The Morgan fingerprint density at radius 1 is 1.06 bits per heavy atom. The average Bonchev–Trinajstić information content (AvgIpc) is 3.47. The second kappa shape index (κ2) is 7.21. The first-order valence-electron chi connectivity index (χ1n) is 9.78. The number of halogens is 1. The minimum absolute atomic E-state index is 0.0737. The maximum absolute atomic E-state index is 13.1. The summed E-state index contributed by atoms with van der Waals surface area (Å²) in [5.74, 6) is -0.167. The Balaban J connectivity index is 1.40. The van der Waals surface area contributed by atoms with Crippen LogP contribution < -0.4 is 11.1 Å². The van der Waals surface area contributed by atoms with E-state index in [1.807, 2.05) is 30.3 Å². The second-order valence-corrected chi connectivity index (χ2v) is 8.02. The molecule has 2 heterocycles. The van der Waals surface area contributed by atoms with Crippen molar-refractivity contribution >= 4 is 45.8 Å². The van der Waals surface area contributed by atoms with Crippen molar-refractivity contribution in [2.75, 3.05) is 11.1 Å². The van der Waals surface area contributed by atoms with E-state index in [1.165, 1.54) is 6.33 Å². The number of carbonyl (C=O) groups is 2. The summed E-state index contributed by atoms with van der Waals surface area (Å²) in [4.78, 5) is 37.0. The smallest absolute Gasteiger partial charge is 0.235 e. The molecule has 4 N–H and O–H groups in total. The van der Waals surface area contributed by atoms with Gasteiger partial charge in [0.2, 0.25) is 5.91 Å². The maximum Gasteiger partial charge on any atom is 0.235 e. The number of amides is 1. The highest BCUT2D eigenvalue weighted by molar-refractivity contribution is 6.36. The minimum Gasteiger partial charge on any atom is -0.383 e. The second-order valence-electron chi connectivity index (χ2n) is 7.61. The van der Waals surface area contributed by atoms with Crippen molar-refractivity contribution in [1.82, 2.24) is 15.0 Å². The van der Waals surface area contributed by atoms with E-state index < -0.39 is 5.41 Å². The number of hydrogen-bond donors (Lipinski definition) is 3. The SMILES string of the molecule is Nc1ncnc2[nH]cc(C(=O)c3ccc(NC(=O)C4(c5ccccc5)CC4)cc3Cl)c12. The molecule has 1 fully saturated rings. The van der Waals surface area contributed by atoms with Gasteiger partial charge in [0, 0.05) is 17.4 Å². The number of fused-ring (bicyclic) bond motifs is 1. The van der Waals surface area contributed by atoms with Gasteiger partial charge in [0.05, 0.1) is 21.4 Å². The third-order valence-corrected chi connectivity index (χ3v) is 6.04. The monoisotopic (exact) mass is 431 g/mol. The van der Waals surface area contributed by atoms with Crippen LogP contribution in [0.3, 0.4) is 0 Å². The summed E-state index contributed by atoms with van der Waals surface area (Å²) in [5.41, 5.74) is 8.09. The molecule has 154 valence electrons. The summed E-state index contributed by atoms with van der Waals surface area (Å²) in [7, 11) is 0. The summed E-state index contributed by atoms with van der Waals surface area (Å²) < 4.78 is 0. The highest BCUT2D eigenvalue weighted by Gasteiger charge is 2.51. The van der Waals surface area contributed by atoms with E-state index in [2.05, 4.69) is 20.3 Å². The first-order chi connectivity index (χ1) is 15.0. The Bertz CT molecular complexity index is 1330. The molecule has 0 aliphatic heterocycles. The molecule has 0 bridgehead atoms. The molecule has 7 nitrogen and oxygen atoms in total. The number of rotatable bonds is 5. The topological polar surface area (TPSA) is 114 Å². The first-order valence-corrected chi connectivity index (χ1v) is 10.2. The number of anilines is 2. The first kappa shape index (κ1) is 19.3. The fourth-order valence-corrected chi connectivity index (χ4v) is 4.13. The lowest BCUT2D eigenvalue weighted by atomic mass is 9.95. The fraction of sp³-hybridized carbons (Fsp3) is 0.130. The van der Waals surface area contributed by atoms with Crippen molar-refractivity contribution in [2.45, 2.75) is 18.3 Å². The van der Waals surface area contributed by atoms with Gasteiger partial charge < -0.3 is 16.0 Å². The van der Waals surface area contributed by atoms with Crippen molar-refractivity contribution in [2.24, 2.45) is 0 Å². The van der Waals surface area contributed by atoms with Gasteiger partial charge in [0.1, 0.15) is 17.8 Å². The highest BCUT2D eigenvalue weighted by atomic mass is 35.5. The third kappa shape index (κ3) is 3.23. The number of nitrogens with one attached hydrogen (secondary N) is 2. The van der Waals surface area contributed by atoms with Gasteiger partial charge in [-0.3, -0.25) is 9.59 Å². The molecular formula is C23H18ClN5O2. The molecule has 0 spiro atoms. The number of carbonyl (C=O) groups excluding carboxylic acids is 2. The number of aromatic nitrogens is 3. The molecular weight excluding hydrogens is 414 g/mol. The summed E-state index contributed by atoms with van der Waals surface area (Å²) in [5, 5.41) is 3.63. The number of nitrogen functional groups attached to an aromatic ring is 1. The summed E-state index contributed by atoms with van der Waals surface area (Å²) >= 11 is 6.42. The molecule has 31 heavy (non-hydrogen) atoms. The number of benzene rings is 2. The number of hydrogen-bond acceptors (Lipinski definition) is 5. The van der Waals surface area contributed by atoms with Gasteiger partial charge in [-0.1, -0.05) is 41.9 Å². The fourth-order valence-electron chi connectivity index (χ4n) is 3.87. The molecule has 4 aromatic rings. The van der Waals surface area contributed by atoms with E-state index in [4.69, 9.17) is 17.3 Å². The molecule has 1 aliphatic carbocycles. The van der Waals surface area contributed by atoms with E-state index >= 15 is 0 Å². The number of nitrogens with two attached hydrogens (primary N) is 1. The lowest BCUT2D eigenvalue weighted by Crippen LogP contribution is -2.27. The molecule has 2 aromatic carbocycles. The molecule has 0 radical (unpaired) electrons. The van der Waals surface area contributed by atoms with Crippen LogP contribution in [0.5, 0.6) is 0 Å². The Morgan fingerprint density at radius 3 is 2.55 bits per heavy atom. The largest absolute Gasteiger partial charge is 0.383 e. The maximum atomic E-state index is 13.1. The minimum atomic E-state index is -0.496. The Kier molecular flexibility index (Phi) is 4.48. The molecule has 8 heteroatoms. The van der Waals surface area contributed by atoms with E-state index in [0.717, 1.165) is 18.4 Å². The van der Waals surface area contributed by atoms with E-state index in [-0.39, 0.29) is 22.5 Å². The van der Waals surface area contributed by atoms with Gasteiger partial charge in [-0.25, -0.2) is 9.97 Å². The number of ketones is 1. The third-order valence-electron chi connectivity index (χ3n) is 5.73. The van der Waals surface area contributed by atoms with Crippen molar-refractivity contribution < 1.29 is 9.59 Å². The Hall–Kier alpha value is -3.71. The van der Waals surface area contributed by atoms with Crippen LogP contribution in [-0.2, 0) is 10.2 Å². The summed E-state index contributed by atoms with van der Waals surface area (Å²) in [6.45, 7) is 0. The van der Waals surface area contributed by atoms with Crippen LogP contribution in [0, 0.1) is 0 Å². The van der Waals surface area contributed by atoms with Crippen LogP contribution >= 0.6 is 11.6 Å². The standard InChI is InChI=1S/C23H18ClN5O2/c24-17-10-14(29-22(31)23(8-9-23)13-4-2-1-3-5-13)6-7-15(17)19(30)16-11-26-21-18(16)20(25)27-12-28-21/h1-7,10-12H,8-9H2,(H,29,31)(H3,25,26,27,28). The van der Waals surface area contributed by atoms with Crippen molar-refractivity contribution in [1.29, 1.82) is 0 Å². The summed E-state index contributed by atoms with van der Waals surface area (Å²) in [6.07, 6.45) is 4.48. The van der Waals surface area contributed by atoms with Gasteiger partial charge in [-0.05, 0) is 36.6 Å². The lowest BCUT2D eigenvalue weighted by Gasteiger charge is -2.16. The Morgan fingerprint density at radius 2 is 1.84 bits per heavy atom. The van der Waals surface area contributed by atoms with Crippen LogP contribution in [0.25, 0.3) is 11.0 Å². The predicted octanol–water partition coefficient (Wildman–Crippen LogP) is 4.09. The van der Waals surface area contributed by atoms with E-state index in [0.29, 0.717) is 27.8 Å². The molecule has 0 unspecified atom stereocenters. The molecule has 1 amide bonds. The van der Waals surface area contributed by atoms with Gasteiger partial charge in [-0.2, -0.15) is 0 Å². The molecule has 0 atom stereocenters. The van der Waals surface area contributed by atoms with Crippen molar-refractivity contribution in [3.63, 3.8) is 0 Å². The van der Waals surface area contributed by atoms with Crippen LogP contribution in [0.4, 0.5) is 11.5 Å². The van der Waals surface area contributed by atoms with Crippen LogP contribution in [0.2, 0.25) is 5.02 Å². The van der Waals surface area contributed by atoms with Crippen molar-refractivity contribution in [3.8, 4) is 0 Å². The quantitative estimate of drug-likeness (QED) is 0.412.